The molecule has 0 saturated carbocycles. The summed E-state index contributed by atoms with van der Waals surface area (Å²) in [6.45, 7) is 9.42. The second-order valence-electron chi connectivity index (χ2n) is 4.41. The lowest BCUT2D eigenvalue weighted by atomic mass is 10.3. The van der Waals surface area contributed by atoms with Crippen LogP contribution in [-0.2, 0) is 9.53 Å². The largest absolute Gasteiger partial charge is 0.480 e. The molecular formula is C11H22N2O3. The van der Waals surface area contributed by atoms with Crippen molar-refractivity contribution in [2.45, 2.75) is 19.9 Å². The predicted molar refractivity (Wildman–Crippen MR) is 61.6 cm³/mol. The van der Waals surface area contributed by atoms with Crippen LogP contribution in [-0.4, -0.2) is 72.9 Å². The van der Waals surface area contributed by atoms with Gasteiger partial charge in [0.1, 0.15) is 0 Å². The summed E-state index contributed by atoms with van der Waals surface area (Å²) in [4.78, 5) is 15.0. The normalized spacial score (nSPS) is 18.2. The van der Waals surface area contributed by atoms with Crippen LogP contribution in [0.25, 0.3) is 0 Å². The maximum atomic E-state index is 10.7. The summed E-state index contributed by atoms with van der Waals surface area (Å²) in [6, 6.07) is 0.275. The Morgan fingerprint density at radius 2 is 2.06 bits per heavy atom. The minimum Gasteiger partial charge on any atom is -0.480 e. The van der Waals surface area contributed by atoms with Gasteiger partial charge in [-0.1, -0.05) is 0 Å². The van der Waals surface area contributed by atoms with E-state index in [0.29, 0.717) is 0 Å². The van der Waals surface area contributed by atoms with Crippen LogP contribution >= 0.6 is 0 Å². The lowest BCUT2D eigenvalue weighted by Crippen LogP contribution is -2.44. The predicted octanol–water partition coefficient (Wildman–Crippen LogP) is 0.114. The molecule has 16 heavy (non-hydrogen) atoms. The number of nitrogens with zero attached hydrogens (tertiary/aromatic N) is 2. The first kappa shape index (κ1) is 13.4. The zero-order valence-electron chi connectivity index (χ0n) is 10.2. The fourth-order valence-corrected chi connectivity index (χ4v) is 1.79. The number of hydrogen-bond acceptors (Lipinski definition) is 4. The van der Waals surface area contributed by atoms with Gasteiger partial charge in [-0.25, -0.2) is 0 Å². The lowest BCUT2D eigenvalue weighted by Gasteiger charge is -2.31. The molecule has 1 N–H and O–H groups in total. The van der Waals surface area contributed by atoms with Crippen molar-refractivity contribution in [2.75, 3.05) is 45.9 Å². The van der Waals surface area contributed by atoms with Gasteiger partial charge in [0.25, 0.3) is 0 Å². The molecule has 1 rings (SSSR count). The molecule has 5 heteroatoms. The van der Waals surface area contributed by atoms with E-state index in [1.807, 2.05) is 18.7 Å². The first-order valence-corrected chi connectivity index (χ1v) is 5.85. The Morgan fingerprint density at radius 1 is 1.44 bits per heavy atom. The number of ether oxygens (including phenoxy) is 1. The molecule has 1 aliphatic rings. The molecule has 0 bridgehead atoms. The molecule has 94 valence electrons. The maximum absolute atomic E-state index is 10.7. The summed E-state index contributed by atoms with van der Waals surface area (Å²) in [5, 5.41) is 8.79. The minimum atomic E-state index is -0.754. The van der Waals surface area contributed by atoms with Crippen LogP contribution in [0.2, 0.25) is 0 Å². The molecule has 1 saturated heterocycles. The Kier molecular flexibility index (Phi) is 5.73. The maximum Gasteiger partial charge on any atom is 0.317 e. The third-order valence-corrected chi connectivity index (χ3v) is 2.88. The van der Waals surface area contributed by atoms with Gasteiger partial charge in [0.05, 0.1) is 19.8 Å². The summed E-state index contributed by atoms with van der Waals surface area (Å²) in [5.41, 5.74) is 0. The van der Waals surface area contributed by atoms with E-state index in [-0.39, 0.29) is 12.6 Å². The van der Waals surface area contributed by atoms with Crippen molar-refractivity contribution in [3.05, 3.63) is 0 Å². The Morgan fingerprint density at radius 3 is 2.56 bits per heavy atom. The smallest absolute Gasteiger partial charge is 0.317 e. The van der Waals surface area contributed by atoms with Crippen LogP contribution in [0.4, 0.5) is 0 Å². The van der Waals surface area contributed by atoms with E-state index in [1.165, 1.54) is 0 Å². The van der Waals surface area contributed by atoms with E-state index in [4.69, 9.17) is 9.84 Å². The molecule has 0 aromatic heterocycles. The third-order valence-electron chi connectivity index (χ3n) is 2.88. The average molecular weight is 230 g/mol. The summed E-state index contributed by atoms with van der Waals surface area (Å²) in [5.74, 6) is -0.754. The molecular weight excluding hydrogens is 208 g/mol. The number of rotatable bonds is 6. The first-order chi connectivity index (χ1) is 7.59. The highest BCUT2D eigenvalue weighted by atomic mass is 16.5. The Hall–Kier alpha value is -0.650. The SMILES string of the molecule is CC(C)N(CCN1CCOCC1)CC(=O)O. The van der Waals surface area contributed by atoms with E-state index in [0.717, 1.165) is 39.4 Å². The van der Waals surface area contributed by atoms with Gasteiger partial charge in [-0.15, -0.1) is 0 Å². The molecule has 0 aliphatic carbocycles. The average Bonchev–Trinajstić information content (AvgIpc) is 2.25. The first-order valence-electron chi connectivity index (χ1n) is 5.85. The quantitative estimate of drug-likeness (QED) is 0.702. The summed E-state index contributed by atoms with van der Waals surface area (Å²) < 4.78 is 5.27. The van der Waals surface area contributed by atoms with E-state index >= 15 is 0 Å². The van der Waals surface area contributed by atoms with Gasteiger partial charge >= 0.3 is 5.97 Å². The van der Waals surface area contributed by atoms with E-state index in [1.54, 1.807) is 0 Å². The van der Waals surface area contributed by atoms with Crippen molar-refractivity contribution in [1.29, 1.82) is 0 Å². The fourth-order valence-electron chi connectivity index (χ4n) is 1.79. The zero-order chi connectivity index (χ0) is 12.0. The lowest BCUT2D eigenvalue weighted by molar-refractivity contribution is -0.138. The van der Waals surface area contributed by atoms with Crippen molar-refractivity contribution in [2.24, 2.45) is 0 Å². The van der Waals surface area contributed by atoms with Gasteiger partial charge in [-0.05, 0) is 13.8 Å². The zero-order valence-corrected chi connectivity index (χ0v) is 10.2. The number of aliphatic carboxylic acids is 1. The van der Waals surface area contributed by atoms with Gasteiger partial charge < -0.3 is 9.84 Å². The number of hydrogen-bond donors (Lipinski definition) is 1. The van der Waals surface area contributed by atoms with Gasteiger partial charge in [0.2, 0.25) is 0 Å². The van der Waals surface area contributed by atoms with Crippen molar-refractivity contribution in [3.8, 4) is 0 Å². The molecule has 0 radical (unpaired) electrons. The molecule has 1 fully saturated rings. The van der Waals surface area contributed by atoms with E-state index < -0.39 is 5.97 Å². The van der Waals surface area contributed by atoms with Crippen molar-refractivity contribution >= 4 is 5.97 Å². The molecule has 0 atom stereocenters. The highest BCUT2D eigenvalue weighted by molar-refractivity contribution is 5.69. The van der Waals surface area contributed by atoms with Crippen LogP contribution in [0.5, 0.6) is 0 Å². The summed E-state index contributed by atoms with van der Waals surface area (Å²) in [6.07, 6.45) is 0. The van der Waals surface area contributed by atoms with Gasteiger partial charge in [0.15, 0.2) is 0 Å². The number of carboxylic acids is 1. The van der Waals surface area contributed by atoms with E-state index in [9.17, 15) is 4.79 Å². The molecule has 0 aromatic rings. The molecule has 0 spiro atoms. The van der Waals surface area contributed by atoms with Crippen LogP contribution in [0.15, 0.2) is 0 Å². The highest BCUT2D eigenvalue weighted by Crippen LogP contribution is 2.01. The molecule has 5 nitrogen and oxygen atoms in total. The van der Waals surface area contributed by atoms with Crippen LogP contribution < -0.4 is 0 Å². The second-order valence-corrected chi connectivity index (χ2v) is 4.41. The molecule has 1 aliphatic heterocycles. The highest BCUT2D eigenvalue weighted by Gasteiger charge is 2.16. The fraction of sp³-hybridized carbons (Fsp3) is 0.909. The Bertz CT molecular complexity index is 215. The monoisotopic (exact) mass is 230 g/mol. The molecule has 1 heterocycles. The topological polar surface area (TPSA) is 53.0 Å². The van der Waals surface area contributed by atoms with Gasteiger partial charge in [-0.2, -0.15) is 0 Å². The van der Waals surface area contributed by atoms with E-state index in [2.05, 4.69) is 4.90 Å². The van der Waals surface area contributed by atoms with Crippen LogP contribution in [0.3, 0.4) is 0 Å². The third kappa shape index (κ3) is 4.92. The van der Waals surface area contributed by atoms with Gasteiger partial charge in [-0.3, -0.25) is 14.6 Å². The minimum absolute atomic E-state index is 0.127. The van der Waals surface area contributed by atoms with Crippen LogP contribution in [0.1, 0.15) is 13.8 Å². The number of morpholine rings is 1. The van der Waals surface area contributed by atoms with Gasteiger partial charge in [0, 0.05) is 32.2 Å². The summed E-state index contributed by atoms with van der Waals surface area (Å²) >= 11 is 0. The second kappa shape index (κ2) is 6.83. The van der Waals surface area contributed by atoms with Crippen LogP contribution in [0, 0.1) is 0 Å². The molecule has 0 amide bonds. The van der Waals surface area contributed by atoms with Crippen molar-refractivity contribution in [1.82, 2.24) is 9.80 Å². The Balaban J connectivity index is 2.28. The number of carboxylic acid groups (broad SMARTS) is 1. The van der Waals surface area contributed by atoms with Crippen molar-refractivity contribution in [3.63, 3.8) is 0 Å². The Labute approximate surface area is 97.0 Å². The standard InChI is InChI=1S/C11H22N2O3/c1-10(2)13(9-11(14)15)4-3-12-5-7-16-8-6-12/h10H,3-9H2,1-2H3,(H,14,15). The number of carbonyl (C=O) groups is 1. The molecule has 0 aromatic carbocycles. The molecule has 0 unspecified atom stereocenters. The van der Waals surface area contributed by atoms with Crippen molar-refractivity contribution < 1.29 is 14.6 Å². The summed E-state index contributed by atoms with van der Waals surface area (Å²) in [7, 11) is 0.